The molecule has 2 aliphatic rings. The predicted octanol–water partition coefficient (Wildman–Crippen LogP) is 4.07. The van der Waals surface area contributed by atoms with Crippen LogP contribution in [-0.2, 0) is 10.9 Å². The molecule has 1 aromatic carbocycles. The SMILES string of the molecule is FC(F)(F)c1cnc(Nc2ccc(N3CCCCC3)cc2)nc1N1CCOCC1. The average molecular weight is 407 g/mol. The van der Waals surface area contributed by atoms with E-state index < -0.39 is 11.7 Å². The molecule has 6 nitrogen and oxygen atoms in total. The number of benzene rings is 1. The van der Waals surface area contributed by atoms with Gasteiger partial charge in [-0.3, -0.25) is 0 Å². The Morgan fingerprint density at radius 1 is 0.897 bits per heavy atom. The molecule has 0 saturated carbocycles. The van der Waals surface area contributed by atoms with Crippen molar-refractivity contribution in [2.45, 2.75) is 25.4 Å². The van der Waals surface area contributed by atoms with Crippen molar-refractivity contribution in [2.24, 2.45) is 0 Å². The van der Waals surface area contributed by atoms with Gasteiger partial charge >= 0.3 is 6.18 Å². The zero-order valence-corrected chi connectivity index (χ0v) is 16.1. The number of piperidine rings is 1. The third kappa shape index (κ3) is 4.72. The molecule has 0 amide bonds. The van der Waals surface area contributed by atoms with E-state index in [2.05, 4.69) is 20.2 Å². The molecule has 2 aromatic rings. The summed E-state index contributed by atoms with van der Waals surface area (Å²) in [5, 5.41) is 3.03. The van der Waals surface area contributed by atoms with Gasteiger partial charge < -0.3 is 19.9 Å². The largest absolute Gasteiger partial charge is 0.421 e. The second kappa shape index (κ2) is 8.44. The van der Waals surface area contributed by atoms with Gasteiger partial charge in [0.05, 0.1) is 13.2 Å². The van der Waals surface area contributed by atoms with Gasteiger partial charge in [-0.25, -0.2) is 4.98 Å². The van der Waals surface area contributed by atoms with Gasteiger partial charge in [-0.2, -0.15) is 18.2 Å². The monoisotopic (exact) mass is 407 g/mol. The van der Waals surface area contributed by atoms with E-state index in [9.17, 15) is 13.2 Å². The molecule has 0 aliphatic carbocycles. The summed E-state index contributed by atoms with van der Waals surface area (Å²) >= 11 is 0. The zero-order chi connectivity index (χ0) is 20.3. The van der Waals surface area contributed by atoms with Crippen LogP contribution in [0.25, 0.3) is 0 Å². The van der Waals surface area contributed by atoms with Gasteiger partial charge in [-0.1, -0.05) is 0 Å². The van der Waals surface area contributed by atoms with E-state index in [1.165, 1.54) is 19.3 Å². The first-order valence-electron chi connectivity index (χ1n) is 9.90. The lowest BCUT2D eigenvalue weighted by Crippen LogP contribution is -2.38. The summed E-state index contributed by atoms with van der Waals surface area (Å²) in [5.74, 6) is 0.0356. The molecular weight excluding hydrogens is 383 g/mol. The zero-order valence-electron chi connectivity index (χ0n) is 16.1. The number of rotatable bonds is 4. The number of anilines is 4. The third-order valence-corrected chi connectivity index (χ3v) is 5.23. The molecule has 156 valence electrons. The summed E-state index contributed by atoms with van der Waals surface area (Å²) in [4.78, 5) is 12.0. The Morgan fingerprint density at radius 2 is 1.59 bits per heavy atom. The van der Waals surface area contributed by atoms with Crippen molar-refractivity contribution in [1.82, 2.24) is 9.97 Å². The molecule has 2 aliphatic heterocycles. The van der Waals surface area contributed by atoms with Crippen LogP contribution in [0.4, 0.5) is 36.3 Å². The van der Waals surface area contributed by atoms with E-state index >= 15 is 0 Å². The van der Waals surface area contributed by atoms with Crippen LogP contribution in [0.15, 0.2) is 30.5 Å². The highest BCUT2D eigenvalue weighted by molar-refractivity contribution is 5.61. The molecule has 0 atom stereocenters. The first-order chi connectivity index (χ1) is 14.0. The first kappa shape index (κ1) is 19.8. The second-order valence-corrected chi connectivity index (χ2v) is 7.25. The Hall–Kier alpha value is -2.55. The fourth-order valence-electron chi connectivity index (χ4n) is 3.69. The van der Waals surface area contributed by atoms with Crippen LogP contribution in [0.3, 0.4) is 0 Å². The summed E-state index contributed by atoms with van der Waals surface area (Å²) in [6.45, 7) is 3.59. The van der Waals surface area contributed by atoms with Gasteiger partial charge in [0.15, 0.2) is 0 Å². The normalized spacial score (nSPS) is 18.0. The maximum absolute atomic E-state index is 13.4. The Kier molecular flexibility index (Phi) is 5.75. The van der Waals surface area contributed by atoms with Crippen molar-refractivity contribution in [3.63, 3.8) is 0 Å². The van der Waals surface area contributed by atoms with E-state index in [4.69, 9.17) is 4.74 Å². The highest BCUT2D eigenvalue weighted by Crippen LogP contribution is 2.36. The first-order valence-corrected chi connectivity index (χ1v) is 9.90. The summed E-state index contributed by atoms with van der Waals surface area (Å²) in [7, 11) is 0. The van der Waals surface area contributed by atoms with E-state index in [1.807, 2.05) is 24.3 Å². The average Bonchev–Trinajstić information content (AvgIpc) is 2.75. The number of hydrogen-bond donors (Lipinski definition) is 1. The minimum atomic E-state index is -4.51. The topological polar surface area (TPSA) is 53.5 Å². The van der Waals surface area contributed by atoms with Crippen LogP contribution < -0.4 is 15.1 Å². The third-order valence-electron chi connectivity index (χ3n) is 5.23. The molecular formula is C20H24F3N5O. The molecule has 0 spiro atoms. The molecule has 0 unspecified atom stereocenters. The molecule has 2 fully saturated rings. The number of nitrogens with one attached hydrogen (secondary N) is 1. The lowest BCUT2D eigenvalue weighted by Gasteiger charge is -2.30. The standard InChI is InChI=1S/C20H24F3N5O/c21-20(22,23)17-14-24-19(26-18(17)28-10-12-29-13-11-28)25-15-4-6-16(7-5-15)27-8-2-1-3-9-27/h4-7,14H,1-3,8-13H2,(H,24,25,26). The van der Waals surface area contributed by atoms with E-state index in [0.29, 0.717) is 26.3 Å². The molecule has 4 rings (SSSR count). The maximum atomic E-state index is 13.4. The number of aromatic nitrogens is 2. The fourth-order valence-corrected chi connectivity index (χ4v) is 3.69. The minimum Gasteiger partial charge on any atom is -0.378 e. The van der Waals surface area contributed by atoms with Crippen molar-refractivity contribution in [3.05, 3.63) is 36.0 Å². The van der Waals surface area contributed by atoms with Crippen molar-refractivity contribution < 1.29 is 17.9 Å². The number of halogens is 3. The van der Waals surface area contributed by atoms with Gasteiger partial charge in [0, 0.05) is 43.8 Å². The lowest BCUT2D eigenvalue weighted by molar-refractivity contribution is -0.137. The summed E-state index contributed by atoms with van der Waals surface area (Å²) in [5.41, 5.74) is 1.06. The molecule has 0 bridgehead atoms. The van der Waals surface area contributed by atoms with Gasteiger partial charge in [-0.05, 0) is 43.5 Å². The van der Waals surface area contributed by atoms with E-state index in [0.717, 1.165) is 30.7 Å². The van der Waals surface area contributed by atoms with Crippen molar-refractivity contribution in [3.8, 4) is 0 Å². The second-order valence-electron chi connectivity index (χ2n) is 7.25. The molecule has 3 heterocycles. The number of morpholine rings is 1. The van der Waals surface area contributed by atoms with Crippen LogP contribution in [0.5, 0.6) is 0 Å². The highest BCUT2D eigenvalue weighted by Gasteiger charge is 2.37. The van der Waals surface area contributed by atoms with E-state index in [1.54, 1.807) is 4.90 Å². The maximum Gasteiger partial charge on any atom is 0.421 e. The minimum absolute atomic E-state index is 0.108. The van der Waals surface area contributed by atoms with E-state index in [-0.39, 0.29) is 11.8 Å². The molecule has 1 aromatic heterocycles. The van der Waals surface area contributed by atoms with Crippen molar-refractivity contribution >= 4 is 23.1 Å². The number of hydrogen-bond acceptors (Lipinski definition) is 6. The Bertz CT molecular complexity index is 816. The van der Waals surface area contributed by atoms with Gasteiger partial charge in [0.25, 0.3) is 0 Å². The quantitative estimate of drug-likeness (QED) is 0.825. The molecule has 29 heavy (non-hydrogen) atoms. The van der Waals surface area contributed by atoms with Gasteiger partial charge in [-0.15, -0.1) is 0 Å². The summed E-state index contributed by atoms with van der Waals surface area (Å²) in [6.07, 6.45) is 0.00475. The molecule has 0 radical (unpaired) electrons. The lowest BCUT2D eigenvalue weighted by atomic mass is 10.1. The summed E-state index contributed by atoms with van der Waals surface area (Å²) in [6, 6.07) is 7.83. The molecule has 1 N–H and O–H groups in total. The van der Waals surface area contributed by atoms with Crippen LogP contribution in [0, 0.1) is 0 Å². The molecule has 2 saturated heterocycles. The molecule has 9 heteroatoms. The highest BCUT2D eigenvalue weighted by atomic mass is 19.4. The summed E-state index contributed by atoms with van der Waals surface area (Å²) < 4.78 is 45.5. The Morgan fingerprint density at radius 3 is 2.24 bits per heavy atom. The fraction of sp³-hybridized carbons (Fsp3) is 0.500. The Balaban J connectivity index is 1.53. The van der Waals surface area contributed by atoms with Gasteiger partial charge in [0.2, 0.25) is 5.95 Å². The number of alkyl halides is 3. The van der Waals surface area contributed by atoms with Crippen molar-refractivity contribution in [2.75, 3.05) is 54.5 Å². The van der Waals surface area contributed by atoms with Crippen molar-refractivity contribution in [1.29, 1.82) is 0 Å². The van der Waals surface area contributed by atoms with Crippen LogP contribution in [0.1, 0.15) is 24.8 Å². The van der Waals surface area contributed by atoms with Crippen LogP contribution in [-0.4, -0.2) is 49.4 Å². The predicted molar refractivity (Wildman–Crippen MR) is 106 cm³/mol. The van der Waals surface area contributed by atoms with Crippen LogP contribution >= 0.6 is 0 Å². The Labute approximate surface area is 167 Å². The van der Waals surface area contributed by atoms with Crippen LogP contribution in [0.2, 0.25) is 0 Å². The smallest absolute Gasteiger partial charge is 0.378 e. The number of ether oxygens (including phenoxy) is 1. The van der Waals surface area contributed by atoms with Gasteiger partial charge in [0.1, 0.15) is 11.4 Å². The number of nitrogens with zero attached hydrogens (tertiary/aromatic N) is 4.